The Morgan fingerprint density at radius 2 is 1.81 bits per heavy atom. The maximum Gasteiger partial charge on any atom is 0.329 e. The zero-order chi connectivity index (χ0) is 19.1. The minimum Gasteiger partial charge on any atom is -0.453 e. The predicted molar refractivity (Wildman–Crippen MR) is 104 cm³/mol. The van der Waals surface area contributed by atoms with Gasteiger partial charge >= 0.3 is 5.97 Å². The lowest BCUT2D eigenvalue weighted by Gasteiger charge is -2.25. The third-order valence-electron chi connectivity index (χ3n) is 4.99. The average molecular weight is 352 g/mol. The molecule has 1 aromatic carbocycles. The summed E-state index contributed by atoms with van der Waals surface area (Å²) in [6, 6.07) is 12.0. The van der Waals surface area contributed by atoms with Crippen LogP contribution in [-0.2, 0) is 20.5 Å². The second-order valence-electron chi connectivity index (χ2n) is 8.55. The number of benzene rings is 1. The van der Waals surface area contributed by atoms with E-state index in [1.165, 1.54) is 5.56 Å². The fourth-order valence-electron chi connectivity index (χ4n) is 3.51. The molecule has 2 heterocycles. The molecule has 1 aliphatic heterocycles. The Balaban J connectivity index is 1.79. The molecular formula is C22H28N2O2. The quantitative estimate of drug-likeness (QED) is 0.818. The Hall–Kier alpha value is -2.36. The number of nitrogens with zero attached hydrogens (tertiary/aromatic N) is 1. The second kappa shape index (κ2) is 6.42. The Morgan fingerprint density at radius 3 is 2.38 bits per heavy atom. The first-order valence-electron chi connectivity index (χ1n) is 9.12. The SMILES string of the molecule is Cc1cc(C)nc(NC2CC(C)(c3ccc(C(C)(C)C)cc3)OC2=O)c1. The van der Waals surface area contributed by atoms with Gasteiger partial charge < -0.3 is 10.1 Å². The molecular weight excluding hydrogens is 324 g/mol. The molecule has 3 rings (SSSR count). The van der Waals surface area contributed by atoms with Crippen LogP contribution in [0, 0.1) is 13.8 Å². The van der Waals surface area contributed by atoms with Gasteiger partial charge in [-0.3, -0.25) is 0 Å². The van der Waals surface area contributed by atoms with Crippen molar-refractivity contribution in [2.45, 2.75) is 65.0 Å². The van der Waals surface area contributed by atoms with Crippen LogP contribution in [0.2, 0.25) is 0 Å². The maximum atomic E-state index is 12.5. The number of aromatic nitrogens is 1. The number of pyridine rings is 1. The smallest absolute Gasteiger partial charge is 0.329 e. The summed E-state index contributed by atoms with van der Waals surface area (Å²) < 4.78 is 5.78. The fourth-order valence-corrected chi connectivity index (χ4v) is 3.51. The highest BCUT2D eigenvalue weighted by Crippen LogP contribution is 2.38. The predicted octanol–water partition coefficient (Wildman–Crippen LogP) is 4.64. The third-order valence-corrected chi connectivity index (χ3v) is 4.99. The van der Waals surface area contributed by atoms with Crippen LogP contribution >= 0.6 is 0 Å². The van der Waals surface area contributed by atoms with E-state index in [1.54, 1.807) is 0 Å². The van der Waals surface area contributed by atoms with E-state index in [4.69, 9.17) is 4.74 Å². The molecule has 0 aliphatic carbocycles. The number of hydrogen-bond acceptors (Lipinski definition) is 4. The molecule has 1 N–H and O–H groups in total. The summed E-state index contributed by atoms with van der Waals surface area (Å²) in [5.41, 5.74) is 3.82. The first-order valence-corrected chi connectivity index (χ1v) is 9.12. The molecule has 0 spiro atoms. The van der Waals surface area contributed by atoms with Gasteiger partial charge in [0.05, 0.1) is 0 Å². The van der Waals surface area contributed by atoms with Gasteiger partial charge in [0.1, 0.15) is 17.5 Å². The van der Waals surface area contributed by atoms with E-state index >= 15 is 0 Å². The molecule has 0 amide bonds. The van der Waals surface area contributed by atoms with E-state index in [1.807, 2.05) is 32.9 Å². The van der Waals surface area contributed by atoms with Crippen LogP contribution in [0.5, 0.6) is 0 Å². The Labute approximate surface area is 156 Å². The highest BCUT2D eigenvalue weighted by molar-refractivity contribution is 5.82. The van der Waals surface area contributed by atoms with Gasteiger partial charge in [-0.2, -0.15) is 0 Å². The number of carbonyl (C=O) groups excluding carboxylic acids is 1. The largest absolute Gasteiger partial charge is 0.453 e. The molecule has 0 bridgehead atoms. The number of hydrogen-bond donors (Lipinski definition) is 1. The number of carbonyl (C=O) groups is 1. The van der Waals surface area contributed by atoms with Gasteiger partial charge in [0.25, 0.3) is 0 Å². The molecule has 1 aromatic heterocycles. The van der Waals surface area contributed by atoms with E-state index in [9.17, 15) is 4.79 Å². The van der Waals surface area contributed by atoms with E-state index in [0.29, 0.717) is 6.42 Å². The monoisotopic (exact) mass is 352 g/mol. The lowest BCUT2D eigenvalue weighted by Crippen LogP contribution is -2.25. The number of nitrogens with one attached hydrogen (secondary N) is 1. The zero-order valence-corrected chi connectivity index (χ0v) is 16.5. The molecule has 4 nitrogen and oxygen atoms in total. The first kappa shape index (κ1) is 18.4. The minimum absolute atomic E-state index is 0.102. The molecule has 138 valence electrons. The van der Waals surface area contributed by atoms with E-state index in [0.717, 1.165) is 22.6 Å². The average Bonchev–Trinajstić information content (AvgIpc) is 2.81. The van der Waals surface area contributed by atoms with Gasteiger partial charge in [-0.25, -0.2) is 9.78 Å². The molecule has 4 heteroatoms. The van der Waals surface area contributed by atoms with Gasteiger partial charge in [0, 0.05) is 12.1 Å². The highest BCUT2D eigenvalue weighted by atomic mass is 16.6. The van der Waals surface area contributed by atoms with Gasteiger partial charge in [0.15, 0.2) is 0 Å². The second-order valence-corrected chi connectivity index (χ2v) is 8.55. The lowest BCUT2D eigenvalue weighted by atomic mass is 9.84. The van der Waals surface area contributed by atoms with Crippen LogP contribution in [-0.4, -0.2) is 17.0 Å². The summed E-state index contributed by atoms with van der Waals surface area (Å²) >= 11 is 0. The Morgan fingerprint density at radius 1 is 1.15 bits per heavy atom. The Kier molecular flexibility index (Phi) is 4.55. The van der Waals surface area contributed by atoms with Crippen molar-refractivity contribution in [1.29, 1.82) is 0 Å². The van der Waals surface area contributed by atoms with Crippen LogP contribution < -0.4 is 5.32 Å². The van der Waals surface area contributed by atoms with Crippen molar-refractivity contribution in [2.75, 3.05) is 5.32 Å². The van der Waals surface area contributed by atoms with Crippen LogP contribution in [0.1, 0.15) is 56.5 Å². The van der Waals surface area contributed by atoms with Crippen LogP contribution in [0.15, 0.2) is 36.4 Å². The number of esters is 1. The van der Waals surface area contributed by atoms with Gasteiger partial charge in [-0.05, 0) is 55.0 Å². The molecule has 26 heavy (non-hydrogen) atoms. The normalized spacial score (nSPS) is 23.0. The number of aryl methyl sites for hydroxylation is 2. The van der Waals surface area contributed by atoms with Gasteiger partial charge in [-0.1, -0.05) is 45.0 Å². The van der Waals surface area contributed by atoms with Crippen molar-refractivity contribution in [2.24, 2.45) is 0 Å². The standard InChI is InChI=1S/C22H28N2O2/c1-14-11-15(2)23-19(12-14)24-18-13-22(6,26-20(18)25)17-9-7-16(8-10-17)21(3,4)5/h7-12,18H,13H2,1-6H3,(H,23,24). The van der Waals surface area contributed by atoms with Crippen molar-refractivity contribution >= 4 is 11.8 Å². The summed E-state index contributed by atoms with van der Waals surface area (Å²) in [4.78, 5) is 16.9. The van der Waals surface area contributed by atoms with Crippen molar-refractivity contribution < 1.29 is 9.53 Å². The van der Waals surface area contributed by atoms with Crippen molar-refractivity contribution in [3.63, 3.8) is 0 Å². The topological polar surface area (TPSA) is 51.2 Å². The zero-order valence-electron chi connectivity index (χ0n) is 16.5. The summed E-state index contributed by atoms with van der Waals surface area (Å²) in [6.07, 6.45) is 0.579. The molecule has 2 unspecified atom stereocenters. The molecule has 0 radical (unpaired) electrons. The molecule has 2 aromatic rings. The number of anilines is 1. The molecule has 0 saturated carbocycles. The summed E-state index contributed by atoms with van der Waals surface area (Å²) in [5.74, 6) is 0.491. The highest BCUT2D eigenvalue weighted by Gasteiger charge is 2.44. The Bertz CT molecular complexity index is 801. The maximum absolute atomic E-state index is 12.5. The summed E-state index contributed by atoms with van der Waals surface area (Å²) in [6.45, 7) is 12.5. The number of ether oxygens (including phenoxy) is 1. The minimum atomic E-state index is -0.621. The molecule has 1 aliphatic rings. The number of cyclic esters (lactones) is 1. The third kappa shape index (κ3) is 3.74. The van der Waals surface area contributed by atoms with Gasteiger partial charge in [-0.15, -0.1) is 0 Å². The van der Waals surface area contributed by atoms with Crippen LogP contribution in [0.25, 0.3) is 0 Å². The van der Waals surface area contributed by atoms with Crippen molar-refractivity contribution in [3.8, 4) is 0 Å². The van der Waals surface area contributed by atoms with Crippen molar-refractivity contribution in [1.82, 2.24) is 4.98 Å². The van der Waals surface area contributed by atoms with Crippen LogP contribution in [0.3, 0.4) is 0 Å². The summed E-state index contributed by atoms with van der Waals surface area (Å²) in [5, 5.41) is 3.25. The van der Waals surface area contributed by atoms with E-state index < -0.39 is 11.6 Å². The molecule has 2 atom stereocenters. The van der Waals surface area contributed by atoms with Crippen LogP contribution in [0.4, 0.5) is 5.82 Å². The molecule has 1 saturated heterocycles. The number of rotatable bonds is 3. The van der Waals surface area contributed by atoms with Gasteiger partial charge in [0.2, 0.25) is 0 Å². The van der Waals surface area contributed by atoms with E-state index in [2.05, 4.69) is 55.3 Å². The van der Waals surface area contributed by atoms with Crippen molar-refractivity contribution in [3.05, 3.63) is 58.8 Å². The fraction of sp³-hybridized carbons (Fsp3) is 0.455. The van der Waals surface area contributed by atoms with E-state index in [-0.39, 0.29) is 11.4 Å². The lowest BCUT2D eigenvalue weighted by molar-refractivity contribution is -0.148. The molecule has 1 fully saturated rings. The summed E-state index contributed by atoms with van der Waals surface area (Å²) in [7, 11) is 0. The first-order chi connectivity index (χ1) is 12.1.